The van der Waals surface area contributed by atoms with E-state index in [1.807, 2.05) is 38.1 Å². The predicted octanol–water partition coefficient (Wildman–Crippen LogP) is 8.71. The summed E-state index contributed by atoms with van der Waals surface area (Å²) in [4.78, 5) is 10.5. The van der Waals surface area contributed by atoms with E-state index in [-0.39, 0.29) is 67.9 Å². The lowest BCUT2D eigenvalue weighted by Crippen LogP contribution is -2.70. The van der Waals surface area contributed by atoms with Crippen LogP contribution in [0.4, 0.5) is 4.39 Å². The summed E-state index contributed by atoms with van der Waals surface area (Å²) in [7, 11) is -4.28. The molecule has 1 saturated carbocycles. The molecule has 1 aromatic heterocycles. The number of allylic oxidation sites excluding steroid dienone is 1. The van der Waals surface area contributed by atoms with Crippen molar-refractivity contribution in [3.8, 4) is 11.5 Å². The summed E-state index contributed by atoms with van der Waals surface area (Å²) in [5.41, 5.74) is 3.14. The summed E-state index contributed by atoms with van der Waals surface area (Å²) in [5.74, 6) is -1.79. The molecule has 0 saturated heterocycles. The van der Waals surface area contributed by atoms with Crippen LogP contribution in [0.2, 0.25) is 0 Å². The maximum Gasteiger partial charge on any atom is 0.245 e. The van der Waals surface area contributed by atoms with Crippen molar-refractivity contribution in [1.29, 1.82) is 0 Å². The summed E-state index contributed by atoms with van der Waals surface area (Å²) in [6.07, 6.45) is 10.5. The molecule has 2 heterocycles. The lowest BCUT2D eigenvalue weighted by Gasteiger charge is -2.59. The molecular formula is C48H58FN3O8S. The molecule has 0 spiro atoms. The summed E-state index contributed by atoms with van der Waals surface area (Å²) in [5, 5.41) is 25.3. The molecule has 6 atom stereocenters. The van der Waals surface area contributed by atoms with E-state index in [1.54, 1.807) is 54.7 Å². The number of benzene rings is 3. The van der Waals surface area contributed by atoms with Crippen LogP contribution < -0.4 is 9.47 Å². The smallest absolute Gasteiger partial charge is 0.245 e. The third-order valence-electron chi connectivity index (χ3n) is 12.3. The van der Waals surface area contributed by atoms with Crippen molar-refractivity contribution < 1.29 is 42.1 Å². The number of unbranched alkanes of at least 4 members (excludes halogenated alkanes) is 2. The zero-order valence-electron chi connectivity index (χ0n) is 35.1. The molecule has 2 N–H and O–H groups in total. The van der Waals surface area contributed by atoms with Gasteiger partial charge in [-0.2, -0.15) is 4.31 Å². The molecule has 13 heteroatoms. The number of para-hydroxylation sites is 1. The number of hydrogen-bond donors (Lipinski definition) is 2. The second-order valence-corrected chi connectivity index (χ2v) is 17.9. The van der Waals surface area contributed by atoms with E-state index in [1.165, 1.54) is 10.4 Å². The Balaban J connectivity index is 1.46. The molecule has 11 nitrogen and oxygen atoms in total. The van der Waals surface area contributed by atoms with E-state index in [0.29, 0.717) is 59.5 Å². The molecular weight excluding hydrogens is 798 g/mol. The number of pyridine rings is 1. The van der Waals surface area contributed by atoms with E-state index >= 15 is 8.42 Å². The number of oxime groups is 1. The zero-order valence-corrected chi connectivity index (χ0v) is 35.9. The quantitative estimate of drug-likeness (QED) is 0.0479. The molecule has 0 amide bonds. The Morgan fingerprint density at radius 3 is 2.56 bits per heavy atom. The van der Waals surface area contributed by atoms with Crippen LogP contribution in [0.5, 0.6) is 11.5 Å². The molecule has 2 aliphatic carbocycles. The number of fused-ring (bicyclic) bond motifs is 3. The van der Waals surface area contributed by atoms with Crippen molar-refractivity contribution in [2.24, 2.45) is 22.9 Å². The Bertz CT molecular complexity index is 2320. The van der Waals surface area contributed by atoms with Crippen LogP contribution in [0.15, 0.2) is 113 Å². The van der Waals surface area contributed by atoms with E-state index in [9.17, 15) is 14.6 Å². The van der Waals surface area contributed by atoms with Crippen LogP contribution in [-0.4, -0.2) is 78.4 Å². The van der Waals surface area contributed by atoms with Gasteiger partial charge in [0.15, 0.2) is 0 Å². The number of rotatable bonds is 21. The first kappa shape index (κ1) is 44.4. The number of aromatic nitrogens is 1. The summed E-state index contributed by atoms with van der Waals surface area (Å²) < 4.78 is 67.7. The Kier molecular flexibility index (Phi) is 14.6. The molecule has 326 valence electrons. The minimum absolute atomic E-state index is 0.0156. The van der Waals surface area contributed by atoms with E-state index in [2.05, 4.69) is 17.6 Å². The van der Waals surface area contributed by atoms with Crippen molar-refractivity contribution in [3.63, 3.8) is 0 Å². The molecule has 61 heavy (non-hydrogen) atoms. The van der Waals surface area contributed by atoms with Gasteiger partial charge in [0.25, 0.3) is 0 Å². The monoisotopic (exact) mass is 855 g/mol. The molecule has 1 fully saturated rings. The molecule has 0 unspecified atom stereocenters. The number of sulfonamides is 1. The fourth-order valence-corrected chi connectivity index (χ4v) is 11.6. The molecule has 4 aromatic rings. The number of aliphatic hydroxyl groups is 2. The van der Waals surface area contributed by atoms with Crippen molar-refractivity contribution in [2.45, 2.75) is 94.5 Å². The highest BCUT2D eigenvalue weighted by atomic mass is 32.2. The Hall–Kier alpha value is -4.66. The molecule has 3 aromatic carbocycles. The van der Waals surface area contributed by atoms with Gasteiger partial charge in [0.2, 0.25) is 15.8 Å². The minimum atomic E-state index is -4.28. The standard InChI is InChI=1S/C48H58FN3O8S/c1-4-25-52(61(55,56)43-21-13-17-33-18-14-24-50-47(33)43)44-31-41(51-59-6-3)38-29-34(15-9-11-26-53)37(19-10-12-27-54)45-39-30-36(57-32-35-16-7-8-20-40(35)49)22-23-42(39)60-48(44,46(38)45)58-28-5-2/h5,7-8,13-14,16-18,20-24,29-30,34,37,44-46,53-54H,2,4,6,9-12,15,19,25-28,31-32H2,1,3H3/t34-,37+,44-,45+,46+,48+/m0/s1. The molecule has 0 bridgehead atoms. The molecule has 1 aliphatic heterocycles. The average Bonchev–Trinajstić information content (AvgIpc) is 3.27. The van der Waals surface area contributed by atoms with Gasteiger partial charge in [-0.25, -0.2) is 12.8 Å². The second-order valence-electron chi connectivity index (χ2n) is 16.0. The van der Waals surface area contributed by atoms with Gasteiger partial charge >= 0.3 is 0 Å². The Labute approximate surface area is 358 Å². The van der Waals surface area contributed by atoms with Crippen molar-refractivity contribution >= 4 is 26.6 Å². The minimum Gasteiger partial charge on any atom is -0.489 e. The lowest BCUT2D eigenvalue weighted by molar-refractivity contribution is -0.251. The van der Waals surface area contributed by atoms with Gasteiger partial charge in [0, 0.05) is 54.8 Å². The highest BCUT2D eigenvalue weighted by molar-refractivity contribution is 7.89. The third kappa shape index (κ3) is 8.99. The summed E-state index contributed by atoms with van der Waals surface area (Å²) >= 11 is 0. The number of ether oxygens (including phenoxy) is 3. The first-order valence-electron chi connectivity index (χ1n) is 21.6. The second kappa shape index (κ2) is 20.0. The van der Waals surface area contributed by atoms with Crippen LogP contribution >= 0.6 is 0 Å². The summed E-state index contributed by atoms with van der Waals surface area (Å²) in [6.45, 7) is 8.47. The van der Waals surface area contributed by atoms with Gasteiger partial charge in [-0.3, -0.25) is 4.98 Å². The van der Waals surface area contributed by atoms with E-state index in [4.69, 9.17) is 24.2 Å². The highest BCUT2D eigenvalue weighted by Crippen LogP contribution is 2.62. The SMILES string of the molecule is C=CCO[C@@]12Oc3ccc(OCc4ccccc4F)cc3[C@H]3[C@H](CCCCO)[C@@H](CCCCO)C=C(C(=NOCC)C[C@@H]1N(CCC)S(=O)(=O)c1cccc4cccnc14)[C@H]32. The first-order valence-corrected chi connectivity index (χ1v) is 23.1. The van der Waals surface area contributed by atoms with Crippen LogP contribution in [0.25, 0.3) is 10.9 Å². The van der Waals surface area contributed by atoms with Crippen LogP contribution in [-0.2, 0) is 26.2 Å². The number of aliphatic hydroxyl groups excluding tert-OH is 2. The van der Waals surface area contributed by atoms with Gasteiger partial charge < -0.3 is 29.3 Å². The van der Waals surface area contributed by atoms with Crippen molar-refractivity contribution in [3.05, 3.63) is 120 Å². The fraction of sp³-hybridized carbons (Fsp3) is 0.458. The summed E-state index contributed by atoms with van der Waals surface area (Å²) in [6, 6.07) is 20.0. The normalized spacial score (nSPS) is 23.9. The average molecular weight is 856 g/mol. The van der Waals surface area contributed by atoms with Gasteiger partial charge in [0.05, 0.1) is 29.8 Å². The van der Waals surface area contributed by atoms with Crippen LogP contribution in [0.1, 0.15) is 82.3 Å². The lowest BCUT2D eigenvalue weighted by atomic mass is 9.55. The van der Waals surface area contributed by atoms with Crippen LogP contribution in [0, 0.1) is 23.6 Å². The van der Waals surface area contributed by atoms with E-state index in [0.717, 1.165) is 36.8 Å². The van der Waals surface area contributed by atoms with Gasteiger partial charge in [0.1, 0.15) is 35.4 Å². The predicted molar refractivity (Wildman–Crippen MR) is 233 cm³/mol. The third-order valence-corrected chi connectivity index (χ3v) is 14.2. The Morgan fingerprint density at radius 1 is 1.02 bits per heavy atom. The molecule has 7 rings (SSSR count). The topological polar surface area (TPSA) is 140 Å². The maximum absolute atomic E-state index is 15.4. The maximum atomic E-state index is 15.4. The first-order chi connectivity index (χ1) is 29.7. The van der Waals surface area contributed by atoms with Gasteiger partial charge in [-0.05, 0) is 92.8 Å². The highest BCUT2D eigenvalue weighted by Gasteiger charge is 2.66. The number of nitrogens with zero attached hydrogens (tertiary/aromatic N) is 3. The Morgan fingerprint density at radius 2 is 1.80 bits per heavy atom. The van der Waals surface area contributed by atoms with Crippen LogP contribution in [0.3, 0.4) is 0 Å². The molecule has 0 radical (unpaired) electrons. The number of halogens is 1. The number of hydrogen-bond acceptors (Lipinski definition) is 10. The van der Waals surface area contributed by atoms with E-state index < -0.39 is 27.8 Å². The van der Waals surface area contributed by atoms with Crippen molar-refractivity contribution in [1.82, 2.24) is 9.29 Å². The van der Waals surface area contributed by atoms with Gasteiger partial charge in [-0.1, -0.05) is 73.5 Å². The fourth-order valence-electron chi connectivity index (χ4n) is 9.71. The largest absolute Gasteiger partial charge is 0.489 e. The molecule has 3 aliphatic rings. The van der Waals surface area contributed by atoms with Gasteiger partial charge in [-0.15, -0.1) is 6.58 Å². The van der Waals surface area contributed by atoms with Crippen molar-refractivity contribution in [2.75, 3.05) is 33.0 Å². The zero-order chi connectivity index (χ0) is 43.0.